The smallest absolute Gasteiger partial charge is 0.393 e. The Kier molecular flexibility index (Phi) is 14.9. The third-order valence-corrected chi connectivity index (χ3v) is 8.91. The lowest BCUT2D eigenvalue weighted by Crippen LogP contribution is -2.39. The maximum absolute atomic E-state index is 15.8. The molecular weight excluding hydrogens is 656 g/mol. The molecule has 0 bridgehead atoms. The van der Waals surface area contributed by atoms with Crippen LogP contribution in [0.5, 0.6) is 0 Å². The maximum atomic E-state index is 15.8. The zero-order valence-electron chi connectivity index (χ0n) is 29.9. The highest BCUT2D eigenvalue weighted by Crippen LogP contribution is 2.42. The number of ether oxygens (including phenoxy) is 2. The molecule has 1 N–H and O–H groups in total. The van der Waals surface area contributed by atoms with E-state index < -0.39 is 18.4 Å². The minimum Gasteiger partial charge on any atom is -0.491 e. The Bertz CT molecular complexity index is 1620. The number of alkyl halides is 3. The van der Waals surface area contributed by atoms with Crippen LogP contribution in [0.2, 0.25) is 0 Å². The number of amides is 1. The monoisotopic (exact) mass is 706 g/mol. The average Bonchev–Trinajstić information content (AvgIpc) is 3.13. The number of piperidine rings is 1. The summed E-state index contributed by atoms with van der Waals surface area (Å²) in [6.07, 6.45) is 9.03. The van der Waals surface area contributed by atoms with E-state index in [4.69, 9.17) is 9.47 Å². The second-order valence-electron chi connectivity index (χ2n) is 12.7. The van der Waals surface area contributed by atoms with Gasteiger partial charge in [-0.1, -0.05) is 69.0 Å². The van der Waals surface area contributed by atoms with E-state index in [0.717, 1.165) is 19.3 Å². The largest absolute Gasteiger partial charge is 0.491 e. The first-order chi connectivity index (χ1) is 24.6. The van der Waals surface area contributed by atoms with Gasteiger partial charge in [-0.25, -0.2) is 4.39 Å². The van der Waals surface area contributed by atoms with Crippen molar-refractivity contribution in [3.8, 4) is 0 Å². The SMILES string of the molecule is C=CC(=O)N1CCC(OC(/C=C\C(=C/C)C(=C(\CC(F)(F)F)c2ccccc2)\c2ccc(NC3CCCCO3)c(/C(F)=C/CC)c2)=C\CC)CC1. The molecule has 2 aliphatic rings. The van der Waals surface area contributed by atoms with Crippen LogP contribution in [0, 0.1) is 0 Å². The molecule has 9 heteroatoms. The van der Waals surface area contributed by atoms with E-state index in [1.54, 1.807) is 78.6 Å². The van der Waals surface area contributed by atoms with Crippen LogP contribution in [-0.4, -0.2) is 49.0 Å². The third-order valence-electron chi connectivity index (χ3n) is 8.91. The van der Waals surface area contributed by atoms with Gasteiger partial charge in [0.1, 0.15) is 23.9 Å². The van der Waals surface area contributed by atoms with E-state index in [-0.39, 0.29) is 29.4 Å². The Morgan fingerprint density at radius 1 is 1.00 bits per heavy atom. The highest BCUT2D eigenvalue weighted by molar-refractivity contribution is 6.00. The van der Waals surface area contributed by atoms with E-state index in [9.17, 15) is 18.0 Å². The topological polar surface area (TPSA) is 50.8 Å². The number of allylic oxidation sites excluding steroid dienone is 8. The Hall–Kier alpha value is -4.37. The van der Waals surface area contributed by atoms with Crippen LogP contribution >= 0.6 is 0 Å². The average molecular weight is 707 g/mol. The molecule has 1 unspecified atom stereocenters. The molecule has 4 rings (SSSR count). The van der Waals surface area contributed by atoms with Crippen molar-refractivity contribution in [2.75, 3.05) is 25.0 Å². The summed E-state index contributed by atoms with van der Waals surface area (Å²) >= 11 is 0. The van der Waals surface area contributed by atoms with Crippen LogP contribution in [-0.2, 0) is 14.3 Å². The van der Waals surface area contributed by atoms with Gasteiger partial charge in [0, 0.05) is 43.8 Å². The first kappa shape index (κ1) is 39.4. The molecule has 0 radical (unpaired) electrons. The van der Waals surface area contributed by atoms with E-state index in [1.165, 1.54) is 12.2 Å². The van der Waals surface area contributed by atoms with Crippen LogP contribution in [0.3, 0.4) is 0 Å². The van der Waals surface area contributed by atoms with E-state index in [2.05, 4.69) is 11.9 Å². The summed E-state index contributed by atoms with van der Waals surface area (Å²) in [5, 5.41) is 3.32. The van der Waals surface area contributed by atoms with E-state index in [0.29, 0.717) is 79.1 Å². The number of carbonyl (C=O) groups is 1. The summed E-state index contributed by atoms with van der Waals surface area (Å²) in [6, 6.07) is 13.6. The fourth-order valence-corrected chi connectivity index (χ4v) is 6.40. The molecule has 2 aromatic carbocycles. The van der Waals surface area contributed by atoms with Crippen LogP contribution < -0.4 is 5.32 Å². The lowest BCUT2D eigenvalue weighted by molar-refractivity contribution is -0.128. The predicted octanol–water partition coefficient (Wildman–Crippen LogP) is 11.2. The molecule has 51 heavy (non-hydrogen) atoms. The standard InChI is InChI=1S/C42H50F4N2O3/c1-5-14-33(51-34-23-25-48(26-24-34)40(49)8-4)21-19-30(7-3)41(36(29-42(44,45)46)31-16-10-9-11-17-31)32-20-22-38(35(28-32)37(43)15-6-2)47-39-18-12-13-27-50-39/h7-11,14-17,19-22,28,34,39,47H,4-6,12-13,18,23-27,29H2,1-3H3/b21-19-,30-7+,33-14-,37-15-,41-36+. The van der Waals surface area contributed by atoms with Gasteiger partial charge in [0.2, 0.25) is 5.91 Å². The van der Waals surface area contributed by atoms with Crippen molar-refractivity contribution in [1.82, 2.24) is 4.90 Å². The summed E-state index contributed by atoms with van der Waals surface area (Å²) in [5.74, 6) is 0.0163. The molecule has 0 aromatic heterocycles. The van der Waals surface area contributed by atoms with Crippen molar-refractivity contribution >= 4 is 28.6 Å². The van der Waals surface area contributed by atoms with Crippen molar-refractivity contribution in [2.24, 2.45) is 0 Å². The van der Waals surface area contributed by atoms with Crippen molar-refractivity contribution < 1.29 is 31.8 Å². The lowest BCUT2D eigenvalue weighted by Gasteiger charge is -2.31. The molecule has 0 saturated carbocycles. The van der Waals surface area contributed by atoms with E-state index in [1.807, 2.05) is 19.9 Å². The molecule has 2 heterocycles. The second-order valence-corrected chi connectivity index (χ2v) is 12.7. The molecule has 274 valence electrons. The molecule has 2 aromatic rings. The number of nitrogens with zero attached hydrogens (tertiary/aromatic N) is 1. The van der Waals surface area contributed by atoms with Gasteiger partial charge in [-0.15, -0.1) is 0 Å². The van der Waals surface area contributed by atoms with Gasteiger partial charge in [-0.05, 0) is 103 Å². The minimum absolute atomic E-state index is 0.0733. The number of benzene rings is 2. The minimum atomic E-state index is -4.52. The van der Waals surface area contributed by atoms with Gasteiger partial charge in [0.05, 0.1) is 6.42 Å². The first-order valence-corrected chi connectivity index (χ1v) is 17.9. The summed E-state index contributed by atoms with van der Waals surface area (Å²) in [7, 11) is 0. The summed E-state index contributed by atoms with van der Waals surface area (Å²) in [4.78, 5) is 13.8. The molecule has 1 amide bonds. The van der Waals surface area contributed by atoms with Gasteiger partial charge in [0.15, 0.2) is 0 Å². The highest BCUT2D eigenvalue weighted by Gasteiger charge is 2.32. The quantitative estimate of drug-likeness (QED) is 0.0699. The fraction of sp³-hybridized carbons (Fsp3) is 0.405. The molecule has 2 saturated heterocycles. The zero-order valence-corrected chi connectivity index (χ0v) is 29.9. The van der Waals surface area contributed by atoms with Gasteiger partial charge >= 0.3 is 6.18 Å². The summed E-state index contributed by atoms with van der Waals surface area (Å²) in [5.41, 5.74) is 2.59. The maximum Gasteiger partial charge on any atom is 0.393 e. The first-order valence-electron chi connectivity index (χ1n) is 17.9. The Morgan fingerprint density at radius 2 is 1.73 bits per heavy atom. The normalized spacial score (nSPS) is 18.8. The predicted molar refractivity (Wildman–Crippen MR) is 199 cm³/mol. The van der Waals surface area contributed by atoms with Crippen LogP contribution in [0.25, 0.3) is 17.0 Å². The molecule has 0 aliphatic carbocycles. The fourth-order valence-electron chi connectivity index (χ4n) is 6.40. The molecule has 5 nitrogen and oxygen atoms in total. The Morgan fingerprint density at radius 3 is 2.33 bits per heavy atom. The highest BCUT2D eigenvalue weighted by atomic mass is 19.4. The Labute approximate surface area is 300 Å². The molecule has 2 fully saturated rings. The zero-order chi connectivity index (χ0) is 36.8. The van der Waals surface area contributed by atoms with E-state index >= 15 is 4.39 Å². The Balaban J connectivity index is 1.82. The van der Waals surface area contributed by atoms with Gasteiger partial charge in [-0.2, -0.15) is 13.2 Å². The third kappa shape index (κ3) is 11.6. The number of nitrogens with one attached hydrogen (secondary N) is 1. The number of carbonyl (C=O) groups excluding carboxylic acids is 1. The summed E-state index contributed by atoms with van der Waals surface area (Å²) in [6.45, 7) is 10.9. The number of likely N-dealkylation sites (tertiary alicyclic amines) is 1. The van der Waals surface area contributed by atoms with Crippen molar-refractivity contribution in [1.29, 1.82) is 0 Å². The van der Waals surface area contributed by atoms with Crippen LogP contribution in [0.4, 0.5) is 23.2 Å². The molecule has 2 aliphatic heterocycles. The number of hydrogen-bond acceptors (Lipinski definition) is 4. The van der Waals surface area contributed by atoms with Crippen LogP contribution in [0.15, 0.2) is 103 Å². The van der Waals surface area contributed by atoms with Crippen molar-refractivity contribution in [3.05, 3.63) is 120 Å². The second kappa shape index (κ2) is 19.3. The number of hydrogen-bond donors (Lipinski definition) is 1. The summed E-state index contributed by atoms with van der Waals surface area (Å²) < 4.78 is 71.3. The van der Waals surface area contributed by atoms with Crippen molar-refractivity contribution in [2.45, 2.75) is 90.6 Å². The lowest BCUT2D eigenvalue weighted by atomic mass is 9.86. The molecule has 1 atom stereocenters. The number of halogens is 4. The number of rotatable bonds is 14. The van der Waals surface area contributed by atoms with Crippen molar-refractivity contribution in [3.63, 3.8) is 0 Å². The van der Waals surface area contributed by atoms with Crippen LogP contribution in [0.1, 0.15) is 88.8 Å². The molecule has 0 spiro atoms. The van der Waals surface area contributed by atoms with Gasteiger partial charge < -0.3 is 19.7 Å². The van der Waals surface area contributed by atoms with Gasteiger partial charge in [0.25, 0.3) is 0 Å². The van der Waals surface area contributed by atoms with Gasteiger partial charge in [-0.3, -0.25) is 4.79 Å². The number of anilines is 1. The molecular formula is C42H50F4N2O3.